The molecule has 2 rings (SSSR count). The van der Waals surface area contributed by atoms with Gasteiger partial charge in [0.2, 0.25) is 5.95 Å². The van der Waals surface area contributed by atoms with Crippen LogP contribution in [0.2, 0.25) is 0 Å². The van der Waals surface area contributed by atoms with E-state index < -0.39 is 0 Å². The summed E-state index contributed by atoms with van der Waals surface area (Å²) in [7, 11) is 0. The van der Waals surface area contributed by atoms with Crippen LogP contribution < -0.4 is 10.6 Å². The first kappa shape index (κ1) is 12.3. The highest BCUT2D eigenvalue weighted by Gasteiger charge is 2.30. The Hall–Kier alpha value is -1.16. The minimum absolute atomic E-state index is 0.503. The lowest BCUT2D eigenvalue weighted by Gasteiger charge is -2.41. The fraction of sp³-hybridized carbons (Fsp3) is 0.692. The molecule has 0 aliphatic carbocycles. The first-order valence-corrected chi connectivity index (χ1v) is 6.39. The number of aromatic nitrogens is 2. The Labute approximate surface area is 103 Å². The topological polar surface area (TPSA) is 55.0 Å². The molecule has 1 aromatic rings. The minimum atomic E-state index is 0.503. The van der Waals surface area contributed by atoms with Gasteiger partial charge in [-0.15, -0.1) is 0 Å². The largest absolute Gasteiger partial charge is 0.338 e. The van der Waals surface area contributed by atoms with Gasteiger partial charge in [-0.2, -0.15) is 0 Å². The zero-order valence-corrected chi connectivity index (χ0v) is 10.9. The second-order valence-corrected chi connectivity index (χ2v) is 5.31. The summed E-state index contributed by atoms with van der Waals surface area (Å²) in [6.45, 7) is 8.41. The molecule has 17 heavy (non-hydrogen) atoms. The maximum atomic E-state index is 5.56. The van der Waals surface area contributed by atoms with Gasteiger partial charge >= 0.3 is 0 Å². The van der Waals surface area contributed by atoms with Crippen LogP contribution in [0.4, 0.5) is 5.95 Å². The molecule has 0 bridgehead atoms. The third kappa shape index (κ3) is 2.57. The van der Waals surface area contributed by atoms with Gasteiger partial charge in [-0.25, -0.2) is 9.97 Å². The summed E-state index contributed by atoms with van der Waals surface area (Å²) in [5.41, 5.74) is 6.54. The lowest BCUT2D eigenvalue weighted by molar-refractivity contribution is 0.294. The first-order valence-electron chi connectivity index (χ1n) is 6.39. The summed E-state index contributed by atoms with van der Waals surface area (Å²) < 4.78 is 0. The number of nitrogens with two attached hydrogens (primary N) is 1. The molecule has 4 nitrogen and oxygen atoms in total. The van der Waals surface area contributed by atoms with Crippen LogP contribution in [0.5, 0.6) is 0 Å². The van der Waals surface area contributed by atoms with Gasteiger partial charge in [-0.05, 0) is 25.2 Å². The van der Waals surface area contributed by atoms with Crippen LogP contribution in [0.15, 0.2) is 12.4 Å². The van der Waals surface area contributed by atoms with Crippen LogP contribution in [-0.4, -0.2) is 22.6 Å². The van der Waals surface area contributed by atoms with Crippen LogP contribution in [0, 0.1) is 11.8 Å². The van der Waals surface area contributed by atoms with Crippen molar-refractivity contribution in [3.8, 4) is 0 Å². The van der Waals surface area contributed by atoms with E-state index in [0.29, 0.717) is 24.4 Å². The Morgan fingerprint density at radius 1 is 1.29 bits per heavy atom. The highest BCUT2D eigenvalue weighted by molar-refractivity contribution is 5.33. The average Bonchev–Trinajstić information content (AvgIpc) is 2.34. The van der Waals surface area contributed by atoms with E-state index in [1.54, 1.807) is 0 Å². The molecule has 4 heteroatoms. The standard InChI is InChI=1S/C13H22N4/c1-9-4-10(2)11(3)17(8-9)13-15-6-12(5-14)7-16-13/h6-7,9-11H,4-5,8,14H2,1-3H3. The highest BCUT2D eigenvalue weighted by atomic mass is 15.3. The first-order chi connectivity index (χ1) is 8.11. The van der Waals surface area contributed by atoms with E-state index in [4.69, 9.17) is 5.73 Å². The number of anilines is 1. The fourth-order valence-corrected chi connectivity index (χ4v) is 2.58. The van der Waals surface area contributed by atoms with Crippen molar-refractivity contribution in [2.24, 2.45) is 17.6 Å². The van der Waals surface area contributed by atoms with E-state index in [9.17, 15) is 0 Å². The van der Waals surface area contributed by atoms with E-state index in [2.05, 4.69) is 35.6 Å². The molecular weight excluding hydrogens is 212 g/mol. The second-order valence-electron chi connectivity index (χ2n) is 5.31. The molecule has 3 unspecified atom stereocenters. The summed E-state index contributed by atoms with van der Waals surface area (Å²) in [5, 5.41) is 0. The van der Waals surface area contributed by atoms with Crippen molar-refractivity contribution >= 4 is 5.95 Å². The molecule has 1 aliphatic rings. The maximum Gasteiger partial charge on any atom is 0.225 e. The molecule has 0 spiro atoms. The zero-order chi connectivity index (χ0) is 12.4. The number of hydrogen-bond acceptors (Lipinski definition) is 4. The summed E-state index contributed by atoms with van der Waals surface area (Å²) >= 11 is 0. The number of piperidine rings is 1. The SMILES string of the molecule is CC1CC(C)C(C)N(c2ncc(CN)cn2)C1. The van der Waals surface area contributed by atoms with Crippen molar-refractivity contribution in [2.45, 2.75) is 39.8 Å². The van der Waals surface area contributed by atoms with Gasteiger partial charge in [0, 0.05) is 37.1 Å². The number of rotatable bonds is 2. The van der Waals surface area contributed by atoms with Crippen molar-refractivity contribution in [2.75, 3.05) is 11.4 Å². The van der Waals surface area contributed by atoms with Gasteiger partial charge in [0.25, 0.3) is 0 Å². The molecule has 0 radical (unpaired) electrons. The van der Waals surface area contributed by atoms with Gasteiger partial charge in [-0.3, -0.25) is 0 Å². The van der Waals surface area contributed by atoms with Gasteiger partial charge in [-0.1, -0.05) is 13.8 Å². The molecule has 1 aliphatic heterocycles. The van der Waals surface area contributed by atoms with Crippen LogP contribution in [-0.2, 0) is 6.54 Å². The Kier molecular flexibility index (Phi) is 3.62. The van der Waals surface area contributed by atoms with Gasteiger partial charge < -0.3 is 10.6 Å². The Morgan fingerprint density at radius 3 is 2.53 bits per heavy atom. The lowest BCUT2D eigenvalue weighted by Crippen LogP contribution is -2.46. The van der Waals surface area contributed by atoms with E-state index >= 15 is 0 Å². The second kappa shape index (κ2) is 5.00. The van der Waals surface area contributed by atoms with E-state index in [1.165, 1.54) is 6.42 Å². The predicted octanol–water partition coefficient (Wildman–Crippen LogP) is 1.81. The minimum Gasteiger partial charge on any atom is -0.338 e. The van der Waals surface area contributed by atoms with Crippen LogP contribution in [0.25, 0.3) is 0 Å². The Morgan fingerprint density at radius 2 is 1.94 bits per heavy atom. The average molecular weight is 234 g/mol. The van der Waals surface area contributed by atoms with Crippen LogP contribution >= 0.6 is 0 Å². The molecule has 1 saturated heterocycles. The van der Waals surface area contributed by atoms with E-state index in [0.717, 1.165) is 18.1 Å². The number of hydrogen-bond donors (Lipinski definition) is 1. The van der Waals surface area contributed by atoms with Crippen molar-refractivity contribution < 1.29 is 0 Å². The fourth-order valence-electron chi connectivity index (χ4n) is 2.58. The molecular formula is C13H22N4. The van der Waals surface area contributed by atoms with Crippen molar-refractivity contribution in [3.63, 3.8) is 0 Å². The van der Waals surface area contributed by atoms with Crippen LogP contribution in [0.1, 0.15) is 32.8 Å². The molecule has 2 heterocycles. The monoisotopic (exact) mass is 234 g/mol. The van der Waals surface area contributed by atoms with Crippen molar-refractivity contribution in [1.82, 2.24) is 9.97 Å². The smallest absolute Gasteiger partial charge is 0.225 e. The van der Waals surface area contributed by atoms with E-state index in [-0.39, 0.29) is 0 Å². The quantitative estimate of drug-likeness (QED) is 0.848. The molecule has 1 fully saturated rings. The molecule has 0 saturated carbocycles. The van der Waals surface area contributed by atoms with Gasteiger partial charge in [0.15, 0.2) is 0 Å². The van der Waals surface area contributed by atoms with Crippen molar-refractivity contribution in [3.05, 3.63) is 18.0 Å². The molecule has 3 atom stereocenters. The lowest BCUT2D eigenvalue weighted by atomic mass is 9.86. The molecule has 2 N–H and O–H groups in total. The molecule has 0 aromatic carbocycles. The summed E-state index contributed by atoms with van der Waals surface area (Å²) in [6.07, 6.45) is 4.95. The Balaban J connectivity index is 2.19. The zero-order valence-electron chi connectivity index (χ0n) is 10.9. The molecule has 94 valence electrons. The third-order valence-electron chi connectivity index (χ3n) is 3.78. The predicted molar refractivity (Wildman–Crippen MR) is 69.7 cm³/mol. The molecule has 0 amide bonds. The third-order valence-corrected chi connectivity index (χ3v) is 3.78. The summed E-state index contributed by atoms with van der Waals surface area (Å²) in [6, 6.07) is 0.509. The maximum absolute atomic E-state index is 5.56. The van der Waals surface area contributed by atoms with Crippen LogP contribution in [0.3, 0.4) is 0 Å². The van der Waals surface area contributed by atoms with Crippen molar-refractivity contribution in [1.29, 1.82) is 0 Å². The van der Waals surface area contributed by atoms with Gasteiger partial charge in [0.1, 0.15) is 0 Å². The number of nitrogens with zero attached hydrogens (tertiary/aromatic N) is 3. The van der Waals surface area contributed by atoms with Gasteiger partial charge in [0.05, 0.1) is 0 Å². The molecule has 1 aromatic heterocycles. The Bertz CT molecular complexity index is 362. The normalized spacial score (nSPS) is 29.4. The summed E-state index contributed by atoms with van der Waals surface area (Å²) in [5.74, 6) is 2.24. The highest BCUT2D eigenvalue weighted by Crippen LogP contribution is 2.29. The van der Waals surface area contributed by atoms with E-state index in [1.807, 2.05) is 12.4 Å². The summed E-state index contributed by atoms with van der Waals surface area (Å²) in [4.78, 5) is 11.2.